The van der Waals surface area contributed by atoms with Crippen LogP contribution >= 0.6 is 0 Å². The summed E-state index contributed by atoms with van der Waals surface area (Å²) in [4.78, 5) is 23.5. The summed E-state index contributed by atoms with van der Waals surface area (Å²) < 4.78 is 6.96. The van der Waals surface area contributed by atoms with E-state index in [1.165, 1.54) is 7.05 Å². The molecular weight excluding hydrogens is 272 g/mol. The summed E-state index contributed by atoms with van der Waals surface area (Å²) in [6.45, 7) is 2.15. The molecule has 7 nitrogen and oxygen atoms in total. The van der Waals surface area contributed by atoms with E-state index in [-0.39, 0.29) is 30.2 Å². The van der Waals surface area contributed by atoms with Crippen LogP contribution in [0.3, 0.4) is 0 Å². The molecule has 2 aromatic rings. The SMILES string of the molecule is CC[C@@H](C(=O)NCc1ccc(C(=O)NC)o1)n1cccn1. The first kappa shape index (κ1) is 14.8. The highest BCUT2D eigenvalue weighted by Crippen LogP contribution is 2.11. The Kier molecular flexibility index (Phi) is 4.76. The van der Waals surface area contributed by atoms with Crippen molar-refractivity contribution in [1.82, 2.24) is 20.4 Å². The van der Waals surface area contributed by atoms with Crippen LogP contribution in [0.2, 0.25) is 0 Å². The minimum atomic E-state index is -0.353. The van der Waals surface area contributed by atoms with Crippen molar-refractivity contribution in [1.29, 1.82) is 0 Å². The quantitative estimate of drug-likeness (QED) is 0.834. The van der Waals surface area contributed by atoms with Crippen molar-refractivity contribution in [2.24, 2.45) is 0 Å². The fourth-order valence-corrected chi connectivity index (χ4v) is 1.97. The van der Waals surface area contributed by atoms with Gasteiger partial charge in [-0.25, -0.2) is 0 Å². The monoisotopic (exact) mass is 290 g/mol. The van der Waals surface area contributed by atoms with E-state index in [2.05, 4.69) is 15.7 Å². The molecule has 0 aliphatic heterocycles. The van der Waals surface area contributed by atoms with Crippen LogP contribution in [-0.4, -0.2) is 28.6 Å². The zero-order chi connectivity index (χ0) is 15.2. The molecule has 0 fully saturated rings. The Balaban J connectivity index is 1.94. The molecule has 0 spiro atoms. The molecule has 1 atom stereocenters. The number of carbonyl (C=O) groups excluding carboxylic acids is 2. The first-order chi connectivity index (χ1) is 10.2. The highest BCUT2D eigenvalue weighted by molar-refractivity contribution is 5.91. The van der Waals surface area contributed by atoms with Gasteiger partial charge in [0.25, 0.3) is 5.91 Å². The normalized spacial score (nSPS) is 11.9. The van der Waals surface area contributed by atoms with Crippen molar-refractivity contribution >= 4 is 11.8 Å². The molecule has 2 heterocycles. The molecule has 112 valence electrons. The number of amides is 2. The number of rotatable bonds is 6. The molecule has 7 heteroatoms. The van der Waals surface area contributed by atoms with Crippen molar-refractivity contribution < 1.29 is 14.0 Å². The summed E-state index contributed by atoms with van der Waals surface area (Å²) in [5, 5.41) is 9.34. The fraction of sp³-hybridized carbons (Fsp3) is 0.357. The Labute approximate surface area is 122 Å². The summed E-state index contributed by atoms with van der Waals surface area (Å²) in [6, 6.07) is 4.66. The summed E-state index contributed by atoms with van der Waals surface area (Å²) in [5.41, 5.74) is 0. The zero-order valence-electron chi connectivity index (χ0n) is 12.0. The van der Waals surface area contributed by atoms with Crippen LogP contribution in [0.25, 0.3) is 0 Å². The minimum absolute atomic E-state index is 0.140. The van der Waals surface area contributed by atoms with E-state index in [1.54, 1.807) is 35.3 Å². The maximum atomic E-state index is 12.1. The van der Waals surface area contributed by atoms with Gasteiger partial charge in [0.05, 0.1) is 6.54 Å². The topological polar surface area (TPSA) is 89.2 Å². The van der Waals surface area contributed by atoms with Crippen molar-refractivity contribution in [3.05, 3.63) is 42.1 Å². The van der Waals surface area contributed by atoms with Gasteiger partial charge >= 0.3 is 0 Å². The van der Waals surface area contributed by atoms with E-state index in [0.29, 0.717) is 12.2 Å². The number of nitrogens with one attached hydrogen (secondary N) is 2. The number of hydrogen-bond acceptors (Lipinski definition) is 4. The lowest BCUT2D eigenvalue weighted by Crippen LogP contribution is -2.32. The van der Waals surface area contributed by atoms with Crippen LogP contribution in [0.5, 0.6) is 0 Å². The maximum absolute atomic E-state index is 12.1. The van der Waals surface area contributed by atoms with Gasteiger partial charge in [-0.2, -0.15) is 5.10 Å². The zero-order valence-corrected chi connectivity index (χ0v) is 12.0. The predicted molar refractivity (Wildman–Crippen MR) is 75.5 cm³/mol. The van der Waals surface area contributed by atoms with E-state index in [4.69, 9.17) is 4.42 Å². The van der Waals surface area contributed by atoms with Gasteiger partial charge in [0, 0.05) is 19.4 Å². The summed E-state index contributed by atoms with van der Waals surface area (Å²) in [6.07, 6.45) is 4.03. The second kappa shape index (κ2) is 6.74. The van der Waals surface area contributed by atoms with Gasteiger partial charge in [-0.1, -0.05) is 6.92 Å². The van der Waals surface area contributed by atoms with Crippen molar-refractivity contribution in [3.8, 4) is 0 Å². The van der Waals surface area contributed by atoms with Crippen LogP contribution in [0, 0.1) is 0 Å². The molecule has 0 saturated heterocycles. The summed E-state index contributed by atoms with van der Waals surface area (Å²) in [5.74, 6) is 0.313. The van der Waals surface area contributed by atoms with Gasteiger partial charge in [0.1, 0.15) is 11.8 Å². The van der Waals surface area contributed by atoms with Crippen LogP contribution in [-0.2, 0) is 11.3 Å². The highest BCUT2D eigenvalue weighted by atomic mass is 16.4. The number of nitrogens with zero attached hydrogens (tertiary/aromatic N) is 2. The lowest BCUT2D eigenvalue weighted by molar-refractivity contribution is -0.125. The van der Waals surface area contributed by atoms with Gasteiger partial charge in [0.15, 0.2) is 5.76 Å². The van der Waals surface area contributed by atoms with E-state index in [0.717, 1.165) is 0 Å². The molecule has 2 aromatic heterocycles. The highest BCUT2D eigenvalue weighted by Gasteiger charge is 2.18. The molecule has 0 aliphatic carbocycles. The average Bonchev–Trinajstić information content (AvgIpc) is 3.16. The molecule has 0 aromatic carbocycles. The van der Waals surface area contributed by atoms with Gasteiger partial charge < -0.3 is 15.1 Å². The second-order valence-electron chi connectivity index (χ2n) is 4.47. The van der Waals surface area contributed by atoms with Crippen LogP contribution in [0.15, 0.2) is 35.0 Å². The molecule has 0 unspecified atom stereocenters. The maximum Gasteiger partial charge on any atom is 0.286 e. The smallest absolute Gasteiger partial charge is 0.286 e. The molecular formula is C14H18N4O3. The van der Waals surface area contributed by atoms with Crippen LogP contribution < -0.4 is 10.6 Å². The first-order valence-electron chi connectivity index (χ1n) is 6.73. The summed E-state index contributed by atoms with van der Waals surface area (Å²) in [7, 11) is 1.53. The van der Waals surface area contributed by atoms with Gasteiger partial charge in [-0.05, 0) is 24.6 Å². The largest absolute Gasteiger partial charge is 0.454 e. The molecule has 0 aliphatic rings. The Morgan fingerprint density at radius 3 is 2.86 bits per heavy atom. The fourth-order valence-electron chi connectivity index (χ4n) is 1.97. The number of hydrogen-bond donors (Lipinski definition) is 2. The third-order valence-electron chi connectivity index (χ3n) is 3.08. The standard InChI is InChI=1S/C14H18N4O3/c1-3-11(18-8-4-7-17-18)13(19)16-9-10-5-6-12(21-10)14(20)15-2/h4-8,11H,3,9H2,1-2H3,(H,15,20)(H,16,19)/t11-/m0/s1. The van der Waals surface area contributed by atoms with E-state index < -0.39 is 0 Å². The lowest BCUT2D eigenvalue weighted by Gasteiger charge is -2.14. The first-order valence-corrected chi connectivity index (χ1v) is 6.73. The van der Waals surface area contributed by atoms with E-state index >= 15 is 0 Å². The average molecular weight is 290 g/mol. The van der Waals surface area contributed by atoms with E-state index in [1.807, 2.05) is 6.92 Å². The molecule has 0 saturated carbocycles. The molecule has 2 rings (SSSR count). The second-order valence-corrected chi connectivity index (χ2v) is 4.47. The van der Waals surface area contributed by atoms with Gasteiger partial charge in [0.2, 0.25) is 5.91 Å². The van der Waals surface area contributed by atoms with Crippen molar-refractivity contribution in [3.63, 3.8) is 0 Å². The third-order valence-corrected chi connectivity index (χ3v) is 3.08. The lowest BCUT2D eigenvalue weighted by atomic mass is 10.2. The van der Waals surface area contributed by atoms with Gasteiger partial charge in [-0.3, -0.25) is 14.3 Å². The van der Waals surface area contributed by atoms with Crippen LogP contribution in [0.1, 0.15) is 35.7 Å². The Bertz CT molecular complexity index is 604. The van der Waals surface area contributed by atoms with Gasteiger partial charge in [-0.15, -0.1) is 0 Å². The molecule has 21 heavy (non-hydrogen) atoms. The molecule has 2 amide bonds. The molecule has 2 N–H and O–H groups in total. The Morgan fingerprint density at radius 1 is 1.43 bits per heavy atom. The number of carbonyl (C=O) groups is 2. The van der Waals surface area contributed by atoms with Crippen LogP contribution in [0.4, 0.5) is 0 Å². The van der Waals surface area contributed by atoms with Crippen molar-refractivity contribution in [2.75, 3.05) is 7.05 Å². The predicted octanol–water partition coefficient (Wildman–Crippen LogP) is 1.10. The Hall–Kier alpha value is -2.57. The minimum Gasteiger partial charge on any atom is -0.454 e. The molecule has 0 bridgehead atoms. The Morgan fingerprint density at radius 2 is 2.24 bits per heavy atom. The summed E-state index contributed by atoms with van der Waals surface area (Å²) >= 11 is 0. The third kappa shape index (κ3) is 3.50. The van der Waals surface area contributed by atoms with E-state index in [9.17, 15) is 9.59 Å². The van der Waals surface area contributed by atoms with Crippen molar-refractivity contribution in [2.45, 2.75) is 25.9 Å². The number of furan rings is 1. The molecule has 0 radical (unpaired) electrons. The number of aromatic nitrogens is 2.